The predicted molar refractivity (Wildman–Crippen MR) is 119 cm³/mol. The van der Waals surface area contributed by atoms with E-state index in [1.807, 2.05) is 42.0 Å². The standard InChI is InChI=1S/C24H23ClFN3O2/c1-16-13-29(15-27-16)22-8-6-17(12-23(22)31-2)10-19-4-3-9-28(24(19)30)14-18-5-7-20(25)21(26)11-18/h5-8,10-13,15H,3-4,9,14H2,1-2H3. The smallest absolute Gasteiger partial charge is 0.250 e. The van der Waals surface area contributed by atoms with Crippen LogP contribution in [0.5, 0.6) is 5.75 Å². The third kappa shape index (κ3) is 4.64. The van der Waals surface area contributed by atoms with Gasteiger partial charge in [-0.3, -0.25) is 4.79 Å². The minimum Gasteiger partial charge on any atom is -0.495 e. The van der Waals surface area contributed by atoms with Crippen LogP contribution in [0.4, 0.5) is 4.39 Å². The highest BCUT2D eigenvalue weighted by molar-refractivity contribution is 6.30. The van der Waals surface area contributed by atoms with Crippen LogP contribution >= 0.6 is 11.6 Å². The Kier molecular flexibility index (Phi) is 6.09. The Morgan fingerprint density at radius 3 is 2.81 bits per heavy atom. The summed E-state index contributed by atoms with van der Waals surface area (Å²) in [6.07, 6.45) is 7.14. The number of aromatic nitrogens is 2. The molecule has 0 saturated carbocycles. The molecule has 1 aliphatic heterocycles. The molecule has 1 fully saturated rings. The summed E-state index contributed by atoms with van der Waals surface area (Å²) >= 11 is 5.76. The van der Waals surface area contributed by atoms with Gasteiger partial charge in [-0.1, -0.05) is 23.7 Å². The fourth-order valence-electron chi connectivity index (χ4n) is 3.77. The zero-order chi connectivity index (χ0) is 22.0. The van der Waals surface area contributed by atoms with Crippen LogP contribution in [0.3, 0.4) is 0 Å². The number of aryl methyl sites for hydroxylation is 1. The number of amides is 1. The van der Waals surface area contributed by atoms with E-state index in [-0.39, 0.29) is 10.9 Å². The Hall–Kier alpha value is -3.12. The first kappa shape index (κ1) is 21.1. The molecule has 5 nitrogen and oxygen atoms in total. The van der Waals surface area contributed by atoms with Crippen LogP contribution in [0, 0.1) is 12.7 Å². The molecule has 2 aromatic carbocycles. The minimum atomic E-state index is -0.473. The zero-order valence-corrected chi connectivity index (χ0v) is 18.2. The number of halogens is 2. The fourth-order valence-corrected chi connectivity index (χ4v) is 3.88. The van der Waals surface area contributed by atoms with Crippen LogP contribution in [0.1, 0.15) is 29.7 Å². The van der Waals surface area contributed by atoms with Crippen molar-refractivity contribution in [1.29, 1.82) is 0 Å². The molecule has 0 radical (unpaired) electrons. The SMILES string of the molecule is COc1cc(C=C2CCCN(Cc3ccc(Cl)c(F)c3)C2=O)ccc1-n1cnc(C)c1. The van der Waals surface area contributed by atoms with E-state index in [1.54, 1.807) is 24.4 Å². The largest absolute Gasteiger partial charge is 0.495 e. The van der Waals surface area contributed by atoms with Gasteiger partial charge in [0.05, 0.1) is 29.8 Å². The summed E-state index contributed by atoms with van der Waals surface area (Å²) in [5.41, 5.74) is 4.14. The average Bonchev–Trinajstić information content (AvgIpc) is 3.19. The molecular weight excluding hydrogens is 417 g/mol. The summed E-state index contributed by atoms with van der Waals surface area (Å²) in [5, 5.41) is 0.0811. The predicted octanol–water partition coefficient (Wildman–Crippen LogP) is 5.19. The maximum atomic E-state index is 13.8. The van der Waals surface area contributed by atoms with E-state index >= 15 is 0 Å². The summed E-state index contributed by atoms with van der Waals surface area (Å²) < 4.78 is 21.2. The van der Waals surface area contributed by atoms with Gasteiger partial charge in [-0.25, -0.2) is 9.37 Å². The number of imidazole rings is 1. The quantitative estimate of drug-likeness (QED) is 0.514. The van der Waals surface area contributed by atoms with E-state index in [0.717, 1.165) is 34.5 Å². The molecule has 0 N–H and O–H groups in total. The van der Waals surface area contributed by atoms with Gasteiger partial charge < -0.3 is 14.2 Å². The molecule has 1 saturated heterocycles. The van der Waals surface area contributed by atoms with Gasteiger partial charge >= 0.3 is 0 Å². The van der Waals surface area contributed by atoms with Crippen LogP contribution in [0.15, 0.2) is 54.5 Å². The molecule has 7 heteroatoms. The van der Waals surface area contributed by atoms with Gasteiger partial charge in [0.25, 0.3) is 0 Å². The summed E-state index contributed by atoms with van der Waals surface area (Å²) in [6.45, 7) is 2.93. The Bertz CT molecular complexity index is 1160. The van der Waals surface area contributed by atoms with E-state index in [2.05, 4.69) is 4.98 Å². The fraction of sp³-hybridized carbons (Fsp3) is 0.250. The number of hydrogen-bond acceptors (Lipinski definition) is 3. The second kappa shape index (κ2) is 8.94. The molecule has 1 aromatic heterocycles. The number of carbonyl (C=O) groups is 1. The van der Waals surface area contributed by atoms with E-state index in [4.69, 9.17) is 16.3 Å². The summed E-state index contributed by atoms with van der Waals surface area (Å²) in [4.78, 5) is 19.0. The number of likely N-dealkylation sites (tertiary alicyclic amines) is 1. The van der Waals surface area contributed by atoms with Crippen LogP contribution in [-0.4, -0.2) is 34.0 Å². The summed E-state index contributed by atoms with van der Waals surface area (Å²) in [7, 11) is 1.62. The lowest BCUT2D eigenvalue weighted by molar-refractivity contribution is -0.129. The maximum Gasteiger partial charge on any atom is 0.250 e. The molecule has 0 bridgehead atoms. The third-order valence-electron chi connectivity index (χ3n) is 5.33. The van der Waals surface area contributed by atoms with Crippen LogP contribution in [-0.2, 0) is 11.3 Å². The Balaban J connectivity index is 1.56. The first-order chi connectivity index (χ1) is 14.9. The highest BCUT2D eigenvalue weighted by atomic mass is 35.5. The molecule has 2 heterocycles. The molecule has 0 spiro atoms. The molecule has 1 amide bonds. The Morgan fingerprint density at radius 2 is 2.10 bits per heavy atom. The molecule has 4 rings (SSSR count). The molecule has 31 heavy (non-hydrogen) atoms. The van der Waals surface area contributed by atoms with Crippen LogP contribution in [0.2, 0.25) is 5.02 Å². The first-order valence-electron chi connectivity index (χ1n) is 10.1. The lowest BCUT2D eigenvalue weighted by Crippen LogP contribution is -2.36. The topological polar surface area (TPSA) is 47.4 Å². The van der Waals surface area contributed by atoms with Gasteiger partial charge in [-0.05, 0) is 61.2 Å². The highest BCUT2D eigenvalue weighted by Crippen LogP contribution is 2.28. The highest BCUT2D eigenvalue weighted by Gasteiger charge is 2.23. The summed E-state index contributed by atoms with van der Waals surface area (Å²) in [6, 6.07) is 10.5. The number of piperidine rings is 1. The molecule has 160 valence electrons. The number of rotatable bonds is 5. The van der Waals surface area contributed by atoms with Gasteiger partial charge in [0.15, 0.2) is 0 Å². The Morgan fingerprint density at radius 1 is 1.26 bits per heavy atom. The summed E-state index contributed by atoms with van der Waals surface area (Å²) in [5.74, 6) is 0.193. The molecule has 0 atom stereocenters. The van der Waals surface area contributed by atoms with E-state index in [9.17, 15) is 9.18 Å². The van der Waals surface area contributed by atoms with Crippen molar-refractivity contribution in [1.82, 2.24) is 14.5 Å². The van der Waals surface area contributed by atoms with Crippen molar-refractivity contribution >= 4 is 23.6 Å². The van der Waals surface area contributed by atoms with Crippen LogP contribution < -0.4 is 4.74 Å². The molecular formula is C24H23ClFN3O2. The van der Waals surface area contributed by atoms with Gasteiger partial charge in [0, 0.05) is 24.9 Å². The molecule has 1 aliphatic rings. The van der Waals surface area contributed by atoms with Crippen LogP contribution in [0.25, 0.3) is 11.8 Å². The van der Waals surface area contributed by atoms with Crippen molar-refractivity contribution < 1.29 is 13.9 Å². The molecule has 0 aliphatic carbocycles. The van der Waals surface area contributed by atoms with E-state index in [1.165, 1.54) is 12.1 Å². The average molecular weight is 440 g/mol. The number of carbonyl (C=O) groups excluding carboxylic acids is 1. The van der Waals surface area contributed by atoms with Gasteiger partial charge in [-0.2, -0.15) is 0 Å². The van der Waals surface area contributed by atoms with Gasteiger partial charge in [0.2, 0.25) is 5.91 Å². The third-order valence-corrected chi connectivity index (χ3v) is 5.63. The van der Waals surface area contributed by atoms with Gasteiger partial charge in [0.1, 0.15) is 11.6 Å². The second-order valence-corrected chi connectivity index (χ2v) is 8.01. The normalized spacial score (nSPS) is 15.5. The lowest BCUT2D eigenvalue weighted by atomic mass is 10.00. The lowest BCUT2D eigenvalue weighted by Gasteiger charge is -2.28. The monoisotopic (exact) mass is 439 g/mol. The van der Waals surface area contributed by atoms with Gasteiger partial charge in [-0.15, -0.1) is 0 Å². The molecule has 3 aromatic rings. The van der Waals surface area contributed by atoms with E-state index < -0.39 is 5.82 Å². The molecule has 0 unspecified atom stereocenters. The van der Waals surface area contributed by atoms with Crippen molar-refractivity contribution in [2.75, 3.05) is 13.7 Å². The second-order valence-electron chi connectivity index (χ2n) is 7.60. The number of benzene rings is 2. The maximum absolute atomic E-state index is 13.8. The number of nitrogens with zero attached hydrogens (tertiary/aromatic N) is 3. The zero-order valence-electron chi connectivity index (χ0n) is 17.4. The minimum absolute atomic E-state index is 0.0325. The number of methoxy groups -OCH3 is 1. The van der Waals surface area contributed by atoms with Crippen molar-refractivity contribution in [3.8, 4) is 11.4 Å². The van der Waals surface area contributed by atoms with Crippen molar-refractivity contribution in [3.63, 3.8) is 0 Å². The van der Waals surface area contributed by atoms with Crippen molar-refractivity contribution in [2.45, 2.75) is 26.3 Å². The first-order valence-corrected chi connectivity index (χ1v) is 10.4. The van der Waals surface area contributed by atoms with E-state index in [0.29, 0.717) is 25.3 Å². The number of ether oxygens (including phenoxy) is 1. The van der Waals surface area contributed by atoms with Crippen molar-refractivity contribution in [3.05, 3.63) is 82.2 Å². The number of hydrogen-bond donors (Lipinski definition) is 0. The Labute approximate surface area is 185 Å². The van der Waals surface area contributed by atoms with Crippen molar-refractivity contribution in [2.24, 2.45) is 0 Å².